The third-order valence-electron chi connectivity index (χ3n) is 8.35. The van der Waals surface area contributed by atoms with Gasteiger partial charge < -0.3 is 20.3 Å². The van der Waals surface area contributed by atoms with Gasteiger partial charge in [-0.05, 0) is 35.2 Å². The van der Waals surface area contributed by atoms with Gasteiger partial charge in [-0.1, -0.05) is 30.3 Å². The number of carbonyl (C=O) groups is 4. The summed E-state index contributed by atoms with van der Waals surface area (Å²) in [5.74, 6) is -5.58. The molecule has 2 atom stereocenters. The van der Waals surface area contributed by atoms with E-state index in [-0.39, 0.29) is 32.0 Å². The van der Waals surface area contributed by atoms with E-state index >= 15 is 0 Å². The van der Waals surface area contributed by atoms with Crippen molar-refractivity contribution in [3.63, 3.8) is 0 Å². The van der Waals surface area contributed by atoms with Gasteiger partial charge in [0.05, 0.1) is 12.7 Å². The fourth-order valence-electron chi connectivity index (χ4n) is 6.02. The molecule has 2 fully saturated rings. The Morgan fingerprint density at radius 3 is 2.61 bits per heavy atom. The van der Waals surface area contributed by atoms with Gasteiger partial charge in [0.2, 0.25) is 17.4 Å². The van der Waals surface area contributed by atoms with Crippen LogP contribution < -0.4 is 10.6 Å². The number of nitrogens with one attached hydrogen (secondary N) is 2. The zero-order chi connectivity index (χ0) is 31.2. The molecule has 14 heteroatoms. The largest absolute Gasteiger partial charge is 0.427 e. The van der Waals surface area contributed by atoms with Crippen molar-refractivity contribution in [3.8, 4) is 11.1 Å². The maximum absolute atomic E-state index is 14.8. The molecule has 2 aromatic carbocycles. The highest BCUT2D eigenvalue weighted by Crippen LogP contribution is 2.46. The minimum atomic E-state index is -3.26. The maximum Gasteiger partial charge on any atom is 0.418 e. The number of amides is 4. The minimum absolute atomic E-state index is 0.0553. The Morgan fingerprint density at radius 2 is 1.91 bits per heavy atom. The Morgan fingerprint density at radius 1 is 1.14 bits per heavy atom. The van der Waals surface area contributed by atoms with E-state index in [1.54, 1.807) is 24.5 Å². The van der Waals surface area contributed by atoms with E-state index in [2.05, 4.69) is 15.7 Å². The van der Waals surface area contributed by atoms with Crippen LogP contribution in [0.4, 0.5) is 18.0 Å². The van der Waals surface area contributed by atoms with E-state index in [0.29, 0.717) is 22.4 Å². The third kappa shape index (κ3) is 5.19. The number of likely N-dealkylation sites (N-methyl/N-ethyl adjacent to an activating group) is 1. The fraction of sp³-hybridized carbons (Fsp3) is 0.367. The van der Waals surface area contributed by atoms with Gasteiger partial charge in [0.25, 0.3) is 11.8 Å². The number of benzene rings is 2. The summed E-state index contributed by atoms with van der Waals surface area (Å²) in [5.41, 5.74) is 1.57. The second-order valence-corrected chi connectivity index (χ2v) is 11.1. The van der Waals surface area contributed by atoms with Gasteiger partial charge >= 0.3 is 6.09 Å². The molecule has 2 N–H and O–H groups in total. The number of halogens is 3. The second-order valence-electron chi connectivity index (χ2n) is 11.1. The molecule has 3 aliphatic rings. The molecular formula is C30H29F3N6O5. The average molecular weight is 611 g/mol. The number of aromatic nitrogens is 2. The van der Waals surface area contributed by atoms with E-state index in [4.69, 9.17) is 4.74 Å². The van der Waals surface area contributed by atoms with Crippen LogP contribution in [0.3, 0.4) is 0 Å². The van der Waals surface area contributed by atoms with Crippen molar-refractivity contribution >= 4 is 23.8 Å². The molecule has 0 saturated carbocycles. The molecule has 4 amide bonds. The first kappa shape index (κ1) is 29.4. The third-order valence-corrected chi connectivity index (χ3v) is 8.35. The van der Waals surface area contributed by atoms with Gasteiger partial charge in [-0.3, -0.25) is 19.1 Å². The number of imide groups is 1. The molecule has 2 saturated heterocycles. The number of ether oxygens (including phenoxy) is 1. The van der Waals surface area contributed by atoms with E-state index in [1.165, 1.54) is 23.9 Å². The lowest BCUT2D eigenvalue weighted by atomic mass is 9.93. The molecule has 0 radical (unpaired) electrons. The summed E-state index contributed by atoms with van der Waals surface area (Å²) in [4.78, 5) is 53.6. The molecule has 1 aliphatic carbocycles. The van der Waals surface area contributed by atoms with E-state index in [9.17, 15) is 32.3 Å². The smallest absolute Gasteiger partial charge is 0.418 e. The zero-order valence-electron chi connectivity index (χ0n) is 23.7. The quantitative estimate of drug-likeness (QED) is 0.401. The van der Waals surface area contributed by atoms with Gasteiger partial charge in [0.1, 0.15) is 24.9 Å². The summed E-state index contributed by atoms with van der Waals surface area (Å²) >= 11 is 0. The van der Waals surface area contributed by atoms with Crippen LogP contribution in [0.1, 0.15) is 23.1 Å². The first-order valence-corrected chi connectivity index (χ1v) is 14.0. The number of fused-ring (bicyclic) bond motifs is 2. The molecule has 1 aromatic heterocycles. The molecule has 2 aliphatic heterocycles. The normalized spacial score (nSPS) is 21.9. The molecule has 6 rings (SSSR count). The topological polar surface area (TPSA) is 126 Å². The monoisotopic (exact) mass is 610 g/mol. The van der Waals surface area contributed by atoms with Crippen molar-refractivity contribution in [1.29, 1.82) is 0 Å². The van der Waals surface area contributed by atoms with Crippen molar-refractivity contribution in [1.82, 2.24) is 30.2 Å². The van der Waals surface area contributed by atoms with Crippen molar-refractivity contribution in [3.05, 3.63) is 77.4 Å². The molecule has 44 heavy (non-hydrogen) atoms. The summed E-state index contributed by atoms with van der Waals surface area (Å²) in [7, 11) is 1.53. The SMILES string of the molecule is CNC(=O)Cn1cc(-c2ccc3c(c2)CC[C@@]32OC(=O)N(CC(=O)N(Cc3ccc(F)cc3)C3CNCC3(F)F)C2=O)cn1. The highest BCUT2D eigenvalue weighted by molar-refractivity contribution is 6.06. The number of alkyl halides is 2. The van der Waals surface area contributed by atoms with Gasteiger partial charge in [-0.25, -0.2) is 22.9 Å². The maximum atomic E-state index is 14.8. The van der Waals surface area contributed by atoms with Crippen LogP contribution in [-0.4, -0.2) is 82.0 Å². The Balaban J connectivity index is 1.22. The second kappa shape index (κ2) is 11.1. The number of aryl methyl sites for hydroxylation is 1. The first-order valence-electron chi connectivity index (χ1n) is 14.0. The van der Waals surface area contributed by atoms with Crippen LogP contribution in [0.15, 0.2) is 54.9 Å². The highest BCUT2D eigenvalue weighted by atomic mass is 19.3. The lowest BCUT2D eigenvalue weighted by molar-refractivity contribution is -0.147. The van der Waals surface area contributed by atoms with Crippen LogP contribution in [0, 0.1) is 5.82 Å². The van der Waals surface area contributed by atoms with Crippen LogP contribution in [0.25, 0.3) is 11.1 Å². The number of rotatable bonds is 8. The highest BCUT2D eigenvalue weighted by Gasteiger charge is 2.59. The predicted octanol–water partition coefficient (Wildman–Crippen LogP) is 2.19. The fourth-order valence-corrected chi connectivity index (χ4v) is 6.02. The molecule has 11 nitrogen and oxygen atoms in total. The molecule has 3 aromatic rings. The zero-order valence-corrected chi connectivity index (χ0v) is 23.7. The van der Waals surface area contributed by atoms with E-state index in [1.807, 2.05) is 6.07 Å². The summed E-state index contributed by atoms with van der Waals surface area (Å²) in [5, 5.41) is 9.33. The van der Waals surface area contributed by atoms with Gasteiger partial charge in [-0.15, -0.1) is 0 Å². The van der Waals surface area contributed by atoms with Gasteiger partial charge in [0.15, 0.2) is 0 Å². The van der Waals surface area contributed by atoms with Crippen LogP contribution in [0.5, 0.6) is 0 Å². The standard InChI is InChI=1S/C30H29F3N6O5/c1-34-25(40)15-37-14-21(11-36-37)19-4-7-23-20(10-19)8-9-29(23)27(42)39(28(43)44-29)16-26(41)38(24-12-35-17-30(24,32)33)13-18-2-5-22(31)6-3-18/h2-7,10-11,14,24,35H,8-9,12-13,15-17H2,1H3,(H,34,40)/t24?,29-/m1/s1. The summed E-state index contributed by atoms with van der Waals surface area (Å²) in [6, 6.07) is 8.86. The average Bonchev–Trinajstić information content (AvgIpc) is 3.76. The lowest BCUT2D eigenvalue weighted by Gasteiger charge is -2.33. The number of carbonyl (C=O) groups excluding carboxylic acids is 4. The molecular weight excluding hydrogens is 581 g/mol. The molecule has 3 heterocycles. The summed E-state index contributed by atoms with van der Waals surface area (Å²) < 4.78 is 50.2. The molecule has 0 bridgehead atoms. The van der Waals surface area contributed by atoms with Gasteiger partial charge in [-0.2, -0.15) is 5.10 Å². The number of nitrogens with zero attached hydrogens (tertiary/aromatic N) is 4. The molecule has 230 valence electrons. The lowest BCUT2D eigenvalue weighted by Crippen LogP contribution is -2.53. The number of hydrogen-bond donors (Lipinski definition) is 2. The summed E-state index contributed by atoms with van der Waals surface area (Å²) in [6.07, 6.45) is 2.86. The van der Waals surface area contributed by atoms with Gasteiger partial charge in [0, 0.05) is 43.9 Å². The Bertz CT molecular complexity index is 1640. The van der Waals surface area contributed by atoms with Crippen LogP contribution >= 0.6 is 0 Å². The van der Waals surface area contributed by atoms with Crippen LogP contribution in [-0.2, 0) is 44.2 Å². The first-order chi connectivity index (χ1) is 21.0. The van der Waals surface area contributed by atoms with Crippen molar-refractivity contribution < 1.29 is 37.1 Å². The van der Waals surface area contributed by atoms with E-state index < -0.39 is 54.4 Å². The Kier molecular flexibility index (Phi) is 7.40. The Hall–Kier alpha value is -4.72. The number of hydrogen-bond acceptors (Lipinski definition) is 7. The summed E-state index contributed by atoms with van der Waals surface area (Å²) in [6.45, 7) is -1.82. The van der Waals surface area contributed by atoms with Crippen molar-refractivity contribution in [2.75, 3.05) is 26.7 Å². The van der Waals surface area contributed by atoms with Crippen molar-refractivity contribution in [2.24, 2.45) is 0 Å². The van der Waals surface area contributed by atoms with Crippen LogP contribution in [0.2, 0.25) is 0 Å². The molecule has 1 spiro atoms. The molecule has 1 unspecified atom stereocenters. The predicted molar refractivity (Wildman–Crippen MR) is 148 cm³/mol. The van der Waals surface area contributed by atoms with Crippen molar-refractivity contribution in [2.45, 2.75) is 43.5 Å². The van der Waals surface area contributed by atoms with E-state index in [0.717, 1.165) is 33.7 Å². The Labute approximate surface area is 249 Å². The minimum Gasteiger partial charge on any atom is -0.427 e.